The monoisotopic (exact) mass is 386 g/mol. The molecular formula is C18H21ClF2N2O3. The number of ether oxygens (including phenoxy) is 2. The first-order valence-corrected chi connectivity index (χ1v) is 7.75. The van der Waals surface area contributed by atoms with Crippen molar-refractivity contribution in [2.24, 2.45) is 0 Å². The minimum Gasteiger partial charge on any atom is -0.486 e. The number of amides is 1. The highest BCUT2D eigenvalue weighted by Crippen LogP contribution is 2.22. The van der Waals surface area contributed by atoms with Crippen LogP contribution in [0.1, 0.15) is 5.56 Å². The maximum atomic E-state index is 14.1. The van der Waals surface area contributed by atoms with Gasteiger partial charge in [0.2, 0.25) is 5.91 Å². The molecule has 8 heteroatoms. The first kappa shape index (κ1) is 21.8. The van der Waals surface area contributed by atoms with Gasteiger partial charge in [-0.2, -0.15) is 0 Å². The minimum absolute atomic E-state index is 0. The Bertz CT molecular complexity index is 717. The molecule has 1 amide bonds. The lowest BCUT2D eigenvalue weighted by molar-refractivity contribution is -0.115. The van der Waals surface area contributed by atoms with Crippen molar-refractivity contribution in [2.45, 2.75) is 6.61 Å². The molecule has 2 rings (SSSR count). The lowest BCUT2D eigenvalue weighted by Crippen LogP contribution is -2.30. The molecule has 5 nitrogen and oxygen atoms in total. The van der Waals surface area contributed by atoms with E-state index in [4.69, 9.17) is 9.47 Å². The van der Waals surface area contributed by atoms with Crippen LogP contribution >= 0.6 is 12.4 Å². The van der Waals surface area contributed by atoms with Gasteiger partial charge in [-0.05, 0) is 29.8 Å². The van der Waals surface area contributed by atoms with Gasteiger partial charge in [-0.3, -0.25) is 4.79 Å². The van der Waals surface area contributed by atoms with Gasteiger partial charge in [0.15, 0.2) is 11.6 Å². The van der Waals surface area contributed by atoms with Crippen LogP contribution in [0.3, 0.4) is 0 Å². The quantitative estimate of drug-likeness (QED) is 0.650. The predicted molar refractivity (Wildman–Crippen MR) is 97.8 cm³/mol. The summed E-state index contributed by atoms with van der Waals surface area (Å²) in [5.74, 6) is -1.25. The number of nitrogens with one attached hydrogen (secondary N) is 2. The largest absolute Gasteiger partial charge is 0.486 e. The molecule has 0 fully saturated rings. The molecule has 0 heterocycles. The molecule has 2 N–H and O–H groups in total. The summed E-state index contributed by atoms with van der Waals surface area (Å²) < 4.78 is 37.4. The number of halogens is 3. The average Bonchev–Trinajstić information content (AvgIpc) is 2.58. The molecule has 142 valence electrons. The second kappa shape index (κ2) is 11.4. The highest BCUT2D eigenvalue weighted by molar-refractivity contribution is 5.92. The molecule has 26 heavy (non-hydrogen) atoms. The van der Waals surface area contributed by atoms with E-state index in [2.05, 4.69) is 10.6 Å². The first-order chi connectivity index (χ1) is 12.1. The summed E-state index contributed by atoms with van der Waals surface area (Å²) in [6.45, 7) is 1.19. The summed E-state index contributed by atoms with van der Waals surface area (Å²) in [5, 5.41) is 5.47. The Kier molecular flexibility index (Phi) is 9.57. The van der Waals surface area contributed by atoms with Crippen LogP contribution in [0.2, 0.25) is 0 Å². The second-order valence-electron chi connectivity index (χ2n) is 5.28. The van der Waals surface area contributed by atoms with E-state index in [0.29, 0.717) is 24.4 Å². The first-order valence-electron chi connectivity index (χ1n) is 7.75. The molecule has 0 aliphatic heterocycles. The van der Waals surface area contributed by atoms with Crippen molar-refractivity contribution in [2.75, 3.05) is 32.1 Å². The Morgan fingerprint density at radius 2 is 1.96 bits per heavy atom. The molecule has 0 atom stereocenters. The lowest BCUT2D eigenvalue weighted by atomic mass is 10.2. The fraction of sp³-hybridized carbons (Fsp3) is 0.278. The van der Waals surface area contributed by atoms with Gasteiger partial charge in [0.25, 0.3) is 0 Å². The van der Waals surface area contributed by atoms with Crippen LogP contribution in [0, 0.1) is 11.6 Å². The number of hydrogen-bond acceptors (Lipinski definition) is 4. The zero-order valence-corrected chi connectivity index (χ0v) is 15.1. The molecule has 2 aromatic carbocycles. The number of carbonyl (C=O) groups is 1. The summed E-state index contributed by atoms with van der Waals surface area (Å²) in [6, 6.07) is 10.0. The van der Waals surface area contributed by atoms with Gasteiger partial charge in [0.05, 0.1) is 13.2 Å². The van der Waals surface area contributed by atoms with Gasteiger partial charge in [-0.1, -0.05) is 12.1 Å². The second-order valence-corrected chi connectivity index (χ2v) is 5.28. The molecule has 2 aromatic rings. The van der Waals surface area contributed by atoms with E-state index >= 15 is 0 Å². The summed E-state index contributed by atoms with van der Waals surface area (Å²) in [6.07, 6.45) is 0. The third kappa shape index (κ3) is 7.35. The zero-order chi connectivity index (χ0) is 18.1. The molecule has 0 spiro atoms. The zero-order valence-electron chi connectivity index (χ0n) is 14.3. The topological polar surface area (TPSA) is 59.6 Å². The third-order valence-corrected chi connectivity index (χ3v) is 3.27. The van der Waals surface area contributed by atoms with E-state index in [9.17, 15) is 13.6 Å². The average molecular weight is 387 g/mol. The highest BCUT2D eigenvalue weighted by Gasteiger charge is 2.08. The number of carbonyl (C=O) groups excluding carboxylic acids is 1. The van der Waals surface area contributed by atoms with Gasteiger partial charge >= 0.3 is 0 Å². The van der Waals surface area contributed by atoms with Crippen molar-refractivity contribution in [1.82, 2.24) is 5.32 Å². The Morgan fingerprint density at radius 1 is 1.15 bits per heavy atom. The van der Waals surface area contributed by atoms with Crippen LogP contribution in [0.5, 0.6) is 5.75 Å². The lowest BCUT2D eigenvalue weighted by Gasteiger charge is -2.10. The van der Waals surface area contributed by atoms with E-state index in [0.717, 1.165) is 0 Å². The molecule has 0 bridgehead atoms. The van der Waals surface area contributed by atoms with Crippen molar-refractivity contribution >= 4 is 24.0 Å². The van der Waals surface area contributed by atoms with E-state index in [1.807, 2.05) is 0 Å². The van der Waals surface area contributed by atoms with E-state index < -0.39 is 5.82 Å². The molecule has 0 radical (unpaired) electrons. The van der Waals surface area contributed by atoms with Crippen molar-refractivity contribution < 1.29 is 23.0 Å². The molecule has 0 saturated carbocycles. The normalized spacial score (nSPS) is 10.1. The Labute approximate surface area is 157 Å². The third-order valence-electron chi connectivity index (χ3n) is 3.27. The van der Waals surface area contributed by atoms with Gasteiger partial charge < -0.3 is 20.1 Å². The number of benzene rings is 2. The SMILES string of the molecule is COCCNCC(=O)Nc1ccc(OCc2cccc(F)c2)c(F)c1.Cl. The summed E-state index contributed by atoms with van der Waals surface area (Å²) in [5.41, 5.74) is 0.924. The number of rotatable bonds is 9. The molecule has 0 aliphatic rings. The predicted octanol–water partition coefficient (Wildman–Crippen LogP) is 3.14. The van der Waals surface area contributed by atoms with Crippen LogP contribution in [-0.2, 0) is 16.1 Å². The van der Waals surface area contributed by atoms with Crippen molar-refractivity contribution in [3.63, 3.8) is 0 Å². The van der Waals surface area contributed by atoms with Crippen molar-refractivity contribution in [3.05, 3.63) is 59.7 Å². The molecule has 0 aliphatic carbocycles. The minimum atomic E-state index is -0.610. The smallest absolute Gasteiger partial charge is 0.238 e. The Balaban J connectivity index is 0.00000338. The number of anilines is 1. The number of hydrogen-bond donors (Lipinski definition) is 2. The van der Waals surface area contributed by atoms with Crippen LogP contribution in [0.15, 0.2) is 42.5 Å². The highest BCUT2D eigenvalue weighted by atomic mass is 35.5. The molecule has 0 unspecified atom stereocenters. The fourth-order valence-corrected chi connectivity index (χ4v) is 2.06. The van der Waals surface area contributed by atoms with Crippen LogP contribution in [-0.4, -0.2) is 32.7 Å². The van der Waals surface area contributed by atoms with Gasteiger partial charge in [-0.25, -0.2) is 8.78 Å². The Hall–Kier alpha value is -2.22. The van der Waals surface area contributed by atoms with Crippen LogP contribution < -0.4 is 15.4 Å². The van der Waals surface area contributed by atoms with E-state index in [1.54, 1.807) is 19.2 Å². The number of methoxy groups -OCH3 is 1. The summed E-state index contributed by atoms with van der Waals surface area (Å²) in [4.78, 5) is 11.7. The van der Waals surface area contributed by atoms with Crippen molar-refractivity contribution in [1.29, 1.82) is 0 Å². The van der Waals surface area contributed by atoms with Crippen molar-refractivity contribution in [3.8, 4) is 5.75 Å². The van der Waals surface area contributed by atoms with Crippen LogP contribution in [0.25, 0.3) is 0 Å². The van der Waals surface area contributed by atoms with Gasteiger partial charge in [0, 0.05) is 25.4 Å². The standard InChI is InChI=1S/C18H20F2N2O3.ClH/c1-24-8-7-21-11-18(23)22-15-5-6-17(16(20)10-15)25-12-13-3-2-4-14(19)9-13;/h2-6,9-10,21H,7-8,11-12H2,1H3,(H,22,23);1H. The molecule has 0 aromatic heterocycles. The van der Waals surface area contributed by atoms with Gasteiger partial charge in [0.1, 0.15) is 12.4 Å². The van der Waals surface area contributed by atoms with E-state index in [-0.39, 0.29) is 43.0 Å². The summed E-state index contributed by atoms with van der Waals surface area (Å²) >= 11 is 0. The maximum Gasteiger partial charge on any atom is 0.238 e. The fourth-order valence-electron chi connectivity index (χ4n) is 2.06. The maximum absolute atomic E-state index is 14.1. The van der Waals surface area contributed by atoms with Crippen LogP contribution in [0.4, 0.5) is 14.5 Å². The van der Waals surface area contributed by atoms with E-state index in [1.165, 1.54) is 30.3 Å². The molecular weight excluding hydrogens is 366 g/mol. The Morgan fingerprint density at radius 3 is 2.65 bits per heavy atom. The molecule has 0 saturated heterocycles. The summed E-state index contributed by atoms with van der Waals surface area (Å²) in [7, 11) is 1.57. The van der Waals surface area contributed by atoms with Gasteiger partial charge in [-0.15, -0.1) is 12.4 Å².